The number of carbonyl (C=O) groups is 2. The van der Waals surface area contributed by atoms with Gasteiger partial charge in [-0.2, -0.15) is 5.10 Å². The minimum absolute atomic E-state index is 0.00374. The van der Waals surface area contributed by atoms with Gasteiger partial charge in [-0.25, -0.2) is 0 Å². The number of amides is 2. The number of benzene rings is 1. The second-order valence-corrected chi connectivity index (χ2v) is 7.08. The molecule has 1 aliphatic heterocycles. The van der Waals surface area contributed by atoms with Crippen LogP contribution in [0.15, 0.2) is 36.4 Å². The lowest BCUT2D eigenvalue weighted by molar-refractivity contribution is 0.0673. The fourth-order valence-corrected chi connectivity index (χ4v) is 4.03. The van der Waals surface area contributed by atoms with Crippen LogP contribution in [-0.4, -0.2) is 45.1 Å². The lowest BCUT2D eigenvalue weighted by atomic mass is 10.0. The first-order valence-electron chi connectivity index (χ1n) is 8.70. The molecule has 1 saturated carbocycles. The molecule has 1 aliphatic carbocycles. The van der Waals surface area contributed by atoms with Crippen molar-refractivity contribution in [2.45, 2.75) is 31.8 Å². The van der Waals surface area contributed by atoms with E-state index in [0.29, 0.717) is 23.7 Å². The van der Waals surface area contributed by atoms with Crippen molar-refractivity contribution in [2.24, 2.45) is 13.0 Å². The van der Waals surface area contributed by atoms with Crippen molar-refractivity contribution < 1.29 is 9.59 Å². The Labute approximate surface area is 146 Å². The molecule has 2 aromatic rings. The van der Waals surface area contributed by atoms with Gasteiger partial charge in [-0.15, -0.1) is 0 Å². The van der Waals surface area contributed by atoms with Gasteiger partial charge in [-0.3, -0.25) is 14.3 Å². The number of nitrogens with zero attached hydrogens (tertiary/aromatic N) is 3. The molecular formula is C19H22N4O2. The van der Waals surface area contributed by atoms with E-state index in [4.69, 9.17) is 0 Å². The van der Waals surface area contributed by atoms with Gasteiger partial charge in [0.1, 0.15) is 0 Å². The van der Waals surface area contributed by atoms with Crippen molar-refractivity contribution in [3.8, 4) is 0 Å². The van der Waals surface area contributed by atoms with Crippen molar-refractivity contribution in [3.63, 3.8) is 0 Å². The van der Waals surface area contributed by atoms with Gasteiger partial charge in [0.05, 0.1) is 0 Å². The predicted molar refractivity (Wildman–Crippen MR) is 93.2 cm³/mol. The molecule has 2 aliphatic rings. The fraction of sp³-hybridized carbons (Fsp3) is 0.421. The number of aromatic nitrogens is 2. The Hall–Kier alpha value is -2.63. The summed E-state index contributed by atoms with van der Waals surface area (Å²) in [6, 6.07) is 11.5. The van der Waals surface area contributed by atoms with E-state index >= 15 is 0 Å². The molecule has 0 spiro atoms. The Morgan fingerprint density at radius 3 is 2.56 bits per heavy atom. The summed E-state index contributed by atoms with van der Waals surface area (Å²) in [4.78, 5) is 27.0. The van der Waals surface area contributed by atoms with Crippen LogP contribution in [0.5, 0.6) is 0 Å². The molecule has 2 amide bonds. The first-order chi connectivity index (χ1) is 12.0. The van der Waals surface area contributed by atoms with Crippen molar-refractivity contribution in [1.29, 1.82) is 0 Å². The molecule has 6 nitrogen and oxygen atoms in total. The van der Waals surface area contributed by atoms with E-state index in [-0.39, 0.29) is 23.9 Å². The van der Waals surface area contributed by atoms with Crippen LogP contribution in [-0.2, 0) is 7.05 Å². The normalized spacial score (nSPS) is 24.6. The number of piperidine rings is 1. The number of likely N-dealkylation sites (tertiary alicyclic amines) is 1. The fourth-order valence-electron chi connectivity index (χ4n) is 4.03. The Kier molecular flexibility index (Phi) is 3.82. The first kappa shape index (κ1) is 15.9. The van der Waals surface area contributed by atoms with Crippen LogP contribution in [0.25, 0.3) is 0 Å². The first-order valence-corrected chi connectivity index (χ1v) is 8.70. The van der Waals surface area contributed by atoms with Crippen LogP contribution in [0, 0.1) is 12.8 Å². The molecule has 1 aromatic carbocycles. The summed E-state index contributed by atoms with van der Waals surface area (Å²) in [7, 11) is 1.84. The lowest BCUT2D eigenvalue weighted by Gasteiger charge is -2.31. The molecule has 25 heavy (non-hydrogen) atoms. The third-order valence-electron chi connectivity index (χ3n) is 5.49. The van der Waals surface area contributed by atoms with Gasteiger partial charge >= 0.3 is 0 Å². The van der Waals surface area contributed by atoms with Crippen molar-refractivity contribution in [2.75, 3.05) is 6.54 Å². The van der Waals surface area contributed by atoms with Gasteiger partial charge in [0, 0.05) is 36.9 Å². The van der Waals surface area contributed by atoms with Crippen LogP contribution in [0.2, 0.25) is 0 Å². The smallest absolute Gasteiger partial charge is 0.274 e. The SMILES string of the molecule is Cc1cc(C(=O)N2C[C@@H]3C[C@H]2C[C@@H]3NC(=O)c2ccccc2)nn1C. The molecule has 3 atom stereocenters. The molecular weight excluding hydrogens is 316 g/mol. The standard InChI is InChI=1S/C19H22N4O2/c1-12-8-17(21-22(12)2)19(25)23-11-14-9-15(23)10-16(14)20-18(24)13-6-4-3-5-7-13/h3-8,14-16H,9-11H2,1-2H3,(H,20,24)/t14-,15-,16-/m0/s1. The van der Waals surface area contributed by atoms with Gasteiger partial charge in [0.25, 0.3) is 11.8 Å². The minimum atomic E-state index is -0.0311. The maximum absolute atomic E-state index is 12.7. The summed E-state index contributed by atoms with van der Waals surface area (Å²) < 4.78 is 1.73. The summed E-state index contributed by atoms with van der Waals surface area (Å²) in [5.74, 6) is 0.298. The summed E-state index contributed by atoms with van der Waals surface area (Å²) in [6.07, 6.45) is 1.78. The molecule has 4 rings (SSSR count). The van der Waals surface area contributed by atoms with Crippen LogP contribution in [0.3, 0.4) is 0 Å². The highest BCUT2D eigenvalue weighted by molar-refractivity contribution is 5.95. The summed E-state index contributed by atoms with van der Waals surface area (Å²) in [6.45, 7) is 2.63. The maximum atomic E-state index is 12.7. The molecule has 1 aromatic heterocycles. The van der Waals surface area contributed by atoms with Crippen LogP contribution in [0.4, 0.5) is 0 Å². The number of rotatable bonds is 3. The average Bonchev–Trinajstić information content (AvgIpc) is 3.30. The van der Waals surface area contributed by atoms with E-state index in [1.54, 1.807) is 4.68 Å². The highest BCUT2D eigenvalue weighted by atomic mass is 16.2. The third-order valence-corrected chi connectivity index (χ3v) is 5.49. The molecule has 2 heterocycles. The Morgan fingerprint density at radius 1 is 1.20 bits per heavy atom. The van der Waals surface area contributed by atoms with E-state index in [9.17, 15) is 9.59 Å². The summed E-state index contributed by atoms with van der Waals surface area (Å²) in [5, 5.41) is 7.44. The zero-order valence-corrected chi connectivity index (χ0v) is 14.5. The zero-order chi connectivity index (χ0) is 17.6. The lowest BCUT2D eigenvalue weighted by Crippen LogP contribution is -2.47. The molecule has 130 valence electrons. The largest absolute Gasteiger partial charge is 0.349 e. The van der Waals surface area contributed by atoms with E-state index in [2.05, 4.69) is 10.4 Å². The number of hydrogen-bond acceptors (Lipinski definition) is 3. The van der Waals surface area contributed by atoms with Gasteiger partial charge in [0.15, 0.2) is 5.69 Å². The quantitative estimate of drug-likeness (QED) is 0.927. The number of carbonyl (C=O) groups excluding carboxylic acids is 2. The summed E-state index contributed by atoms with van der Waals surface area (Å²) in [5.41, 5.74) is 2.17. The molecule has 0 unspecified atom stereocenters. The number of nitrogens with one attached hydrogen (secondary N) is 1. The molecule has 2 fully saturated rings. The third kappa shape index (κ3) is 2.81. The van der Waals surface area contributed by atoms with Gasteiger partial charge < -0.3 is 10.2 Å². The monoisotopic (exact) mass is 338 g/mol. The number of fused-ring (bicyclic) bond motifs is 2. The topological polar surface area (TPSA) is 67.2 Å². The van der Waals surface area contributed by atoms with E-state index in [0.717, 1.165) is 18.5 Å². The van der Waals surface area contributed by atoms with Crippen LogP contribution < -0.4 is 5.32 Å². The van der Waals surface area contributed by atoms with Crippen molar-refractivity contribution in [3.05, 3.63) is 53.3 Å². The molecule has 6 heteroatoms. The Balaban J connectivity index is 1.40. The van der Waals surface area contributed by atoms with E-state index in [1.807, 2.05) is 55.3 Å². The summed E-state index contributed by atoms with van der Waals surface area (Å²) >= 11 is 0. The van der Waals surface area contributed by atoms with Crippen molar-refractivity contribution in [1.82, 2.24) is 20.0 Å². The highest BCUT2D eigenvalue weighted by Crippen LogP contribution is 2.38. The van der Waals surface area contributed by atoms with Crippen LogP contribution in [0.1, 0.15) is 39.4 Å². The van der Waals surface area contributed by atoms with E-state index in [1.165, 1.54) is 0 Å². The predicted octanol–water partition coefficient (Wildman–Crippen LogP) is 1.76. The second-order valence-electron chi connectivity index (χ2n) is 7.08. The molecule has 2 bridgehead atoms. The zero-order valence-electron chi connectivity index (χ0n) is 14.5. The minimum Gasteiger partial charge on any atom is -0.349 e. The highest BCUT2D eigenvalue weighted by Gasteiger charge is 2.47. The van der Waals surface area contributed by atoms with E-state index < -0.39 is 0 Å². The van der Waals surface area contributed by atoms with Gasteiger partial charge in [-0.05, 0) is 43.9 Å². The van der Waals surface area contributed by atoms with Gasteiger partial charge in [0.2, 0.25) is 0 Å². The maximum Gasteiger partial charge on any atom is 0.274 e. The molecule has 0 radical (unpaired) electrons. The van der Waals surface area contributed by atoms with Crippen LogP contribution >= 0.6 is 0 Å². The van der Waals surface area contributed by atoms with Gasteiger partial charge in [-0.1, -0.05) is 18.2 Å². The molecule has 1 N–H and O–H groups in total. The average molecular weight is 338 g/mol. The molecule has 1 saturated heterocycles. The Morgan fingerprint density at radius 2 is 1.96 bits per heavy atom. The second kappa shape index (κ2) is 6.02. The number of hydrogen-bond donors (Lipinski definition) is 1. The number of aryl methyl sites for hydroxylation is 2. The van der Waals surface area contributed by atoms with Crippen molar-refractivity contribution >= 4 is 11.8 Å². The Bertz CT molecular complexity index is 795.